The number of rotatable bonds is 2. The molecule has 1 atom stereocenters. The van der Waals surface area contributed by atoms with Crippen LogP contribution in [0.3, 0.4) is 0 Å². The van der Waals surface area contributed by atoms with Gasteiger partial charge >= 0.3 is 0 Å². The van der Waals surface area contributed by atoms with Crippen molar-refractivity contribution in [1.82, 2.24) is 4.90 Å². The first kappa shape index (κ1) is 14.3. The van der Waals surface area contributed by atoms with Crippen LogP contribution >= 0.6 is 15.9 Å². The fourth-order valence-electron chi connectivity index (χ4n) is 2.39. The van der Waals surface area contributed by atoms with Crippen LogP contribution in [0.5, 0.6) is 0 Å². The van der Waals surface area contributed by atoms with Crippen molar-refractivity contribution in [2.24, 2.45) is 11.8 Å². The highest BCUT2D eigenvalue weighted by Crippen LogP contribution is 2.27. The van der Waals surface area contributed by atoms with E-state index in [2.05, 4.69) is 29.8 Å². The maximum absolute atomic E-state index is 12.4. The van der Waals surface area contributed by atoms with Gasteiger partial charge in [-0.05, 0) is 42.5 Å². The lowest BCUT2D eigenvalue weighted by Crippen LogP contribution is -2.32. The number of imide groups is 1. The van der Waals surface area contributed by atoms with Crippen LogP contribution in [0.25, 0.3) is 0 Å². The van der Waals surface area contributed by atoms with Crippen molar-refractivity contribution in [2.75, 3.05) is 6.54 Å². The number of halogens is 1. The summed E-state index contributed by atoms with van der Waals surface area (Å²) in [5, 5.41) is 0. The first-order valence-corrected chi connectivity index (χ1v) is 7.29. The second-order valence-electron chi connectivity index (χ2n) is 5.53. The summed E-state index contributed by atoms with van der Waals surface area (Å²) in [5.41, 5.74) is 1.58. The van der Waals surface area contributed by atoms with Crippen LogP contribution in [0.4, 0.5) is 0 Å². The Kier molecular flexibility index (Phi) is 4.09. The zero-order chi connectivity index (χ0) is 14.2. The Morgan fingerprint density at radius 1 is 1.37 bits per heavy atom. The maximum Gasteiger partial charge on any atom is 0.260 e. The second-order valence-corrected chi connectivity index (χ2v) is 6.45. The van der Waals surface area contributed by atoms with Gasteiger partial charge in [0, 0.05) is 23.0 Å². The van der Waals surface area contributed by atoms with Crippen molar-refractivity contribution >= 4 is 27.7 Å². The van der Waals surface area contributed by atoms with Crippen molar-refractivity contribution in [3.05, 3.63) is 33.8 Å². The lowest BCUT2D eigenvalue weighted by Gasteiger charge is -2.17. The molecule has 1 saturated heterocycles. The van der Waals surface area contributed by atoms with Gasteiger partial charge < -0.3 is 0 Å². The zero-order valence-electron chi connectivity index (χ0n) is 11.4. The van der Waals surface area contributed by atoms with Crippen molar-refractivity contribution in [3.8, 4) is 0 Å². The first-order chi connectivity index (χ1) is 8.88. The molecule has 0 bridgehead atoms. The summed E-state index contributed by atoms with van der Waals surface area (Å²) in [6.07, 6.45) is 0.483. The van der Waals surface area contributed by atoms with E-state index in [1.165, 1.54) is 4.90 Å². The van der Waals surface area contributed by atoms with E-state index in [0.717, 1.165) is 10.0 Å². The van der Waals surface area contributed by atoms with Crippen molar-refractivity contribution in [2.45, 2.75) is 27.2 Å². The van der Waals surface area contributed by atoms with Gasteiger partial charge in [0.1, 0.15) is 0 Å². The molecule has 4 heteroatoms. The van der Waals surface area contributed by atoms with E-state index in [9.17, 15) is 9.59 Å². The third kappa shape index (κ3) is 3.06. The molecule has 1 aromatic carbocycles. The van der Waals surface area contributed by atoms with E-state index in [1.807, 2.05) is 19.1 Å². The number of benzene rings is 1. The van der Waals surface area contributed by atoms with Gasteiger partial charge in [0.2, 0.25) is 5.91 Å². The molecule has 2 rings (SSSR count). The Hall–Kier alpha value is -1.16. The van der Waals surface area contributed by atoms with Crippen LogP contribution in [0, 0.1) is 18.8 Å². The van der Waals surface area contributed by atoms with Crippen LogP contribution in [0.1, 0.15) is 36.2 Å². The van der Waals surface area contributed by atoms with Crippen LogP contribution in [0.15, 0.2) is 22.7 Å². The van der Waals surface area contributed by atoms with Gasteiger partial charge in [-0.25, -0.2) is 0 Å². The van der Waals surface area contributed by atoms with Gasteiger partial charge in [0.05, 0.1) is 0 Å². The molecule has 1 aliphatic rings. The maximum atomic E-state index is 12.4. The highest BCUT2D eigenvalue weighted by molar-refractivity contribution is 9.10. The average molecular weight is 324 g/mol. The van der Waals surface area contributed by atoms with Crippen LogP contribution in [-0.4, -0.2) is 23.3 Å². The van der Waals surface area contributed by atoms with E-state index in [1.54, 1.807) is 6.07 Å². The van der Waals surface area contributed by atoms with E-state index >= 15 is 0 Å². The first-order valence-electron chi connectivity index (χ1n) is 6.50. The number of carbonyl (C=O) groups excluding carboxylic acids is 2. The molecule has 0 aromatic heterocycles. The average Bonchev–Trinajstić information content (AvgIpc) is 2.69. The summed E-state index contributed by atoms with van der Waals surface area (Å²) in [5.74, 6) is 0.467. The molecular formula is C15H18BrNO2. The Bertz CT molecular complexity index is 505. The minimum Gasteiger partial charge on any atom is -0.278 e. The lowest BCUT2D eigenvalue weighted by molar-refractivity contribution is -0.125. The van der Waals surface area contributed by atoms with Crippen molar-refractivity contribution in [1.29, 1.82) is 0 Å². The normalized spacial score (nSPS) is 19.3. The molecule has 19 heavy (non-hydrogen) atoms. The number of aryl methyl sites for hydroxylation is 1. The molecular weight excluding hydrogens is 306 g/mol. The molecule has 1 aliphatic heterocycles. The Balaban J connectivity index is 2.22. The molecule has 0 radical (unpaired) electrons. The molecule has 0 aliphatic carbocycles. The van der Waals surface area contributed by atoms with E-state index in [4.69, 9.17) is 0 Å². The highest BCUT2D eigenvalue weighted by atomic mass is 79.9. The molecule has 1 heterocycles. The molecule has 0 spiro atoms. The highest BCUT2D eigenvalue weighted by Gasteiger charge is 2.35. The van der Waals surface area contributed by atoms with E-state index in [0.29, 0.717) is 24.4 Å². The molecule has 0 N–H and O–H groups in total. The molecule has 102 valence electrons. The predicted molar refractivity (Wildman–Crippen MR) is 77.9 cm³/mol. The number of carbonyl (C=O) groups is 2. The fraction of sp³-hybridized carbons (Fsp3) is 0.467. The number of amides is 2. The number of hydrogen-bond acceptors (Lipinski definition) is 2. The van der Waals surface area contributed by atoms with Gasteiger partial charge in [0.15, 0.2) is 0 Å². The van der Waals surface area contributed by atoms with Gasteiger partial charge in [-0.1, -0.05) is 29.8 Å². The summed E-state index contributed by atoms with van der Waals surface area (Å²) in [4.78, 5) is 25.8. The summed E-state index contributed by atoms with van der Waals surface area (Å²) >= 11 is 3.38. The molecule has 3 nitrogen and oxygen atoms in total. The largest absolute Gasteiger partial charge is 0.278 e. The smallest absolute Gasteiger partial charge is 0.260 e. The van der Waals surface area contributed by atoms with Crippen LogP contribution in [-0.2, 0) is 4.79 Å². The van der Waals surface area contributed by atoms with Gasteiger partial charge in [-0.2, -0.15) is 0 Å². The van der Waals surface area contributed by atoms with Gasteiger partial charge in [-0.15, -0.1) is 0 Å². The predicted octanol–water partition coefficient (Wildman–Crippen LogP) is 3.40. The SMILES string of the molecule is Cc1cc(Br)cc(C(=O)N2CC(C(C)C)CC2=O)c1. The summed E-state index contributed by atoms with van der Waals surface area (Å²) in [7, 11) is 0. The summed E-state index contributed by atoms with van der Waals surface area (Å²) in [6, 6.07) is 5.54. The molecule has 1 aromatic rings. The number of nitrogens with zero attached hydrogens (tertiary/aromatic N) is 1. The monoisotopic (exact) mass is 323 g/mol. The third-order valence-corrected chi connectivity index (χ3v) is 4.09. The Morgan fingerprint density at radius 3 is 2.58 bits per heavy atom. The quantitative estimate of drug-likeness (QED) is 0.782. The molecule has 1 fully saturated rings. The van der Waals surface area contributed by atoms with Crippen molar-refractivity contribution < 1.29 is 9.59 Å². The number of hydrogen-bond donors (Lipinski definition) is 0. The Labute approximate surface area is 122 Å². The fourth-order valence-corrected chi connectivity index (χ4v) is 3.00. The zero-order valence-corrected chi connectivity index (χ0v) is 13.0. The number of likely N-dealkylation sites (tertiary alicyclic amines) is 1. The van der Waals surface area contributed by atoms with Crippen molar-refractivity contribution in [3.63, 3.8) is 0 Å². The Morgan fingerprint density at radius 2 is 2.05 bits per heavy atom. The van der Waals surface area contributed by atoms with Gasteiger partial charge in [-0.3, -0.25) is 14.5 Å². The van der Waals surface area contributed by atoms with E-state index in [-0.39, 0.29) is 17.7 Å². The molecule has 2 amide bonds. The van der Waals surface area contributed by atoms with Crippen LogP contribution < -0.4 is 0 Å². The molecule has 0 saturated carbocycles. The second kappa shape index (κ2) is 5.45. The van der Waals surface area contributed by atoms with Crippen LogP contribution in [0.2, 0.25) is 0 Å². The minimum atomic E-state index is -0.183. The third-order valence-electron chi connectivity index (χ3n) is 3.63. The topological polar surface area (TPSA) is 37.4 Å². The summed E-state index contributed by atoms with van der Waals surface area (Å²) < 4.78 is 0.864. The standard InChI is InChI=1S/C15H18BrNO2/c1-9(2)12-7-14(18)17(8-12)15(19)11-4-10(3)5-13(16)6-11/h4-6,9,12H,7-8H2,1-3H3. The minimum absolute atomic E-state index is 0.0543. The van der Waals surface area contributed by atoms with E-state index < -0.39 is 0 Å². The summed E-state index contributed by atoms with van der Waals surface area (Å²) in [6.45, 7) is 6.66. The lowest BCUT2D eigenvalue weighted by atomic mass is 9.95. The molecule has 1 unspecified atom stereocenters. The van der Waals surface area contributed by atoms with Gasteiger partial charge in [0.25, 0.3) is 5.91 Å².